The van der Waals surface area contributed by atoms with Gasteiger partial charge in [-0.25, -0.2) is 14.8 Å². The van der Waals surface area contributed by atoms with E-state index in [0.717, 1.165) is 12.8 Å². The zero-order valence-corrected chi connectivity index (χ0v) is 15.5. The van der Waals surface area contributed by atoms with Gasteiger partial charge in [-0.1, -0.05) is 0 Å². The van der Waals surface area contributed by atoms with E-state index in [1.54, 1.807) is 9.80 Å². The number of ether oxygens (including phenoxy) is 1. The van der Waals surface area contributed by atoms with E-state index in [1.807, 2.05) is 20.8 Å². The first-order valence-electron chi connectivity index (χ1n) is 8.42. The lowest BCUT2D eigenvalue weighted by atomic mass is 9.72. The number of nitrogens with zero attached hydrogens (tertiary/aromatic N) is 4. The number of carbonyl (C=O) groups is 2. The van der Waals surface area contributed by atoms with E-state index in [2.05, 4.69) is 9.97 Å². The maximum atomic E-state index is 12.4. The Morgan fingerprint density at radius 3 is 2.20 bits per heavy atom. The molecule has 0 radical (unpaired) electrons. The Bertz CT molecular complexity index is 655. The summed E-state index contributed by atoms with van der Waals surface area (Å²) >= 11 is 5.65. The normalized spacial score (nSPS) is 19.5. The van der Waals surface area contributed by atoms with Crippen LogP contribution in [0.4, 0.5) is 4.79 Å². The topological polar surface area (TPSA) is 75.6 Å². The highest BCUT2D eigenvalue weighted by molar-refractivity contribution is 6.28. The summed E-state index contributed by atoms with van der Waals surface area (Å²) in [5.74, 6) is -0.0723. The van der Waals surface area contributed by atoms with Crippen LogP contribution in [0.1, 0.15) is 44.0 Å². The second-order valence-corrected chi connectivity index (χ2v) is 8.21. The van der Waals surface area contributed by atoms with Crippen LogP contribution in [0.5, 0.6) is 0 Å². The van der Waals surface area contributed by atoms with Crippen molar-refractivity contribution in [1.82, 2.24) is 19.8 Å². The van der Waals surface area contributed by atoms with Gasteiger partial charge in [-0.2, -0.15) is 0 Å². The largest absolute Gasteiger partial charge is 0.444 e. The predicted octanol–water partition coefficient (Wildman–Crippen LogP) is 2.60. The second kappa shape index (κ2) is 6.44. The minimum atomic E-state index is -0.480. The molecule has 0 aromatic carbocycles. The molecule has 2 fully saturated rings. The summed E-state index contributed by atoms with van der Waals surface area (Å²) in [4.78, 5) is 35.8. The Morgan fingerprint density at radius 1 is 1.12 bits per heavy atom. The third kappa shape index (κ3) is 4.03. The van der Waals surface area contributed by atoms with Gasteiger partial charge in [-0.05, 0) is 45.2 Å². The molecule has 1 aromatic rings. The SMILES string of the molecule is CC(C)(C)OC(=O)N1CCC2(CC1)CN(C(=O)c1cnc(Cl)nc1)C2. The van der Waals surface area contributed by atoms with Gasteiger partial charge >= 0.3 is 6.09 Å². The molecule has 2 aliphatic rings. The molecule has 0 aliphatic carbocycles. The summed E-state index contributed by atoms with van der Waals surface area (Å²) in [6, 6.07) is 0. The fourth-order valence-corrected chi connectivity index (χ4v) is 3.42. The van der Waals surface area contributed by atoms with Gasteiger partial charge in [0.25, 0.3) is 5.91 Å². The number of hydrogen-bond donors (Lipinski definition) is 0. The summed E-state index contributed by atoms with van der Waals surface area (Å²) in [7, 11) is 0. The molecule has 2 saturated heterocycles. The standard InChI is InChI=1S/C17H23ClN4O3/c1-16(2,3)25-15(24)21-6-4-17(5-7-21)10-22(11-17)13(23)12-8-19-14(18)20-9-12/h8-9H,4-7,10-11H2,1-3H3. The van der Waals surface area contributed by atoms with Gasteiger partial charge in [0, 0.05) is 44.0 Å². The molecule has 1 spiro atoms. The molecule has 2 amide bonds. The molecule has 7 nitrogen and oxygen atoms in total. The van der Waals surface area contributed by atoms with Crippen LogP contribution in [-0.2, 0) is 4.74 Å². The van der Waals surface area contributed by atoms with Crippen LogP contribution in [-0.4, -0.2) is 63.5 Å². The fourth-order valence-electron chi connectivity index (χ4n) is 3.32. The molecule has 8 heteroatoms. The molecule has 3 heterocycles. The first kappa shape index (κ1) is 17.9. The number of hydrogen-bond acceptors (Lipinski definition) is 5. The summed E-state index contributed by atoms with van der Waals surface area (Å²) in [5, 5.41) is 0.131. The molecular formula is C17H23ClN4O3. The predicted molar refractivity (Wildman–Crippen MR) is 92.4 cm³/mol. The maximum Gasteiger partial charge on any atom is 0.410 e. The molecule has 0 atom stereocenters. The number of amides is 2. The van der Waals surface area contributed by atoms with E-state index >= 15 is 0 Å². The molecule has 0 saturated carbocycles. The second-order valence-electron chi connectivity index (χ2n) is 7.87. The van der Waals surface area contributed by atoms with Crippen LogP contribution in [0.3, 0.4) is 0 Å². The average Bonchev–Trinajstić information content (AvgIpc) is 2.51. The van der Waals surface area contributed by atoms with E-state index in [-0.39, 0.29) is 22.7 Å². The van der Waals surface area contributed by atoms with Gasteiger partial charge in [0.2, 0.25) is 5.28 Å². The Balaban J connectivity index is 1.50. The third-order valence-corrected chi connectivity index (χ3v) is 4.88. The van der Waals surface area contributed by atoms with Gasteiger partial charge < -0.3 is 14.5 Å². The highest BCUT2D eigenvalue weighted by Crippen LogP contribution is 2.41. The van der Waals surface area contributed by atoms with Gasteiger partial charge in [-0.3, -0.25) is 4.79 Å². The van der Waals surface area contributed by atoms with Crippen molar-refractivity contribution in [1.29, 1.82) is 0 Å². The Hall–Kier alpha value is -1.89. The van der Waals surface area contributed by atoms with Crippen LogP contribution in [0.2, 0.25) is 5.28 Å². The van der Waals surface area contributed by atoms with Crippen LogP contribution in [0, 0.1) is 5.41 Å². The quantitative estimate of drug-likeness (QED) is 0.714. The molecule has 1 aromatic heterocycles. The van der Waals surface area contributed by atoms with Crippen LogP contribution in [0.15, 0.2) is 12.4 Å². The van der Waals surface area contributed by atoms with Crippen molar-refractivity contribution < 1.29 is 14.3 Å². The van der Waals surface area contributed by atoms with Crippen molar-refractivity contribution >= 4 is 23.6 Å². The molecule has 0 unspecified atom stereocenters. The molecule has 136 valence electrons. The first-order chi connectivity index (χ1) is 11.7. The lowest BCUT2D eigenvalue weighted by Gasteiger charge is -2.53. The van der Waals surface area contributed by atoms with Crippen LogP contribution < -0.4 is 0 Å². The van der Waals surface area contributed by atoms with Crippen molar-refractivity contribution in [3.63, 3.8) is 0 Å². The molecule has 2 aliphatic heterocycles. The molecular weight excluding hydrogens is 344 g/mol. The smallest absolute Gasteiger partial charge is 0.410 e. The monoisotopic (exact) mass is 366 g/mol. The summed E-state index contributed by atoms with van der Waals surface area (Å²) in [6.45, 7) is 8.35. The Morgan fingerprint density at radius 2 is 1.68 bits per heavy atom. The molecule has 25 heavy (non-hydrogen) atoms. The first-order valence-corrected chi connectivity index (χ1v) is 8.80. The number of halogens is 1. The maximum absolute atomic E-state index is 12.4. The molecule has 3 rings (SSSR count). The number of piperidine rings is 1. The lowest BCUT2D eigenvalue weighted by Crippen LogP contribution is -2.62. The molecule has 0 N–H and O–H groups in total. The van der Waals surface area contributed by atoms with Crippen molar-refractivity contribution in [2.75, 3.05) is 26.2 Å². The zero-order valence-electron chi connectivity index (χ0n) is 14.8. The van der Waals surface area contributed by atoms with Crippen LogP contribution in [0.25, 0.3) is 0 Å². The van der Waals surface area contributed by atoms with Gasteiger partial charge in [0.05, 0.1) is 5.56 Å². The number of aromatic nitrogens is 2. The van der Waals surface area contributed by atoms with Crippen molar-refractivity contribution in [2.24, 2.45) is 5.41 Å². The highest BCUT2D eigenvalue weighted by atomic mass is 35.5. The van der Waals surface area contributed by atoms with Crippen molar-refractivity contribution in [3.8, 4) is 0 Å². The van der Waals surface area contributed by atoms with E-state index in [9.17, 15) is 9.59 Å². The van der Waals surface area contributed by atoms with E-state index in [1.165, 1.54) is 12.4 Å². The fraction of sp³-hybridized carbons (Fsp3) is 0.647. The van der Waals surface area contributed by atoms with E-state index in [0.29, 0.717) is 31.7 Å². The van der Waals surface area contributed by atoms with Crippen LogP contribution >= 0.6 is 11.6 Å². The third-order valence-electron chi connectivity index (χ3n) is 4.68. The Kier molecular flexibility index (Phi) is 4.62. The molecule has 0 bridgehead atoms. The minimum Gasteiger partial charge on any atom is -0.444 e. The zero-order chi connectivity index (χ0) is 18.2. The summed E-state index contributed by atoms with van der Waals surface area (Å²) in [5.41, 5.74) is 0.0824. The van der Waals surface area contributed by atoms with Gasteiger partial charge in [0.15, 0.2) is 0 Å². The number of carbonyl (C=O) groups excluding carboxylic acids is 2. The van der Waals surface area contributed by atoms with E-state index in [4.69, 9.17) is 16.3 Å². The number of rotatable bonds is 1. The average molecular weight is 367 g/mol. The summed E-state index contributed by atoms with van der Waals surface area (Å²) in [6.07, 6.45) is 4.41. The van der Waals surface area contributed by atoms with Gasteiger partial charge in [0.1, 0.15) is 5.60 Å². The Labute approximate surface area is 152 Å². The minimum absolute atomic E-state index is 0.0723. The van der Waals surface area contributed by atoms with Crippen molar-refractivity contribution in [3.05, 3.63) is 23.2 Å². The summed E-state index contributed by atoms with van der Waals surface area (Å²) < 4.78 is 5.42. The lowest BCUT2D eigenvalue weighted by molar-refractivity contribution is -0.0395. The highest BCUT2D eigenvalue weighted by Gasteiger charge is 2.47. The van der Waals surface area contributed by atoms with Gasteiger partial charge in [-0.15, -0.1) is 0 Å². The van der Waals surface area contributed by atoms with E-state index < -0.39 is 5.60 Å². The van der Waals surface area contributed by atoms with Crippen molar-refractivity contribution in [2.45, 2.75) is 39.2 Å². The number of likely N-dealkylation sites (tertiary alicyclic amines) is 2.